The van der Waals surface area contributed by atoms with Crippen molar-refractivity contribution >= 4 is 47.0 Å². The molecule has 0 spiro atoms. The van der Waals surface area contributed by atoms with Crippen LogP contribution in [0.15, 0.2) is 24.3 Å². The van der Waals surface area contributed by atoms with Crippen molar-refractivity contribution < 1.29 is 23.9 Å². The van der Waals surface area contributed by atoms with E-state index in [1.165, 1.54) is 14.2 Å². The van der Waals surface area contributed by atoms with Crippen LogP contribution in [-0.4, -0.2) is 54.3 Å². The number of anilines is 1. The summed E-state index contributed by atoms with van der Waals surface area (Å²) in [5.74, 6) is -0.941. The van der Waals surface area contributed by atoms with Gasteiger partial charge in [-0.15, -0.1) is 11.8 Å². The van der Waals surface area contributed by atoms with Crippen LogP contribution in [0.25, 0.3) is 0 Å². The zero-order valence-electron chi connectivity index (χ0n) is 12.4. The lowest BCUT2D eigenvalue weighted by atomic mass is 10.3. The molecule has 0 aliphatic carbocycles. The fraction of sp³-hybridized carbons (Fsp3) is 0.357. The Kier molecular flexibility index (Phi) is 5.73. The molecule has 1 fully saturated rings. The lowest BCUT2D eigenvalue weighted by Gasteiger charge is -2.26. The molecule has 1 aromatic carbocycles. The van der Waals surface area contributed by atoms with Crippen molar-refractivity contribution in [2.24, 2.45) is 0 Å². The van der Waals surface area contributed by atoms with Crippen LogP contribution >= 0.6 is 23.4 Å². The van der Waals surface area contributed by atoms with Gasteiger partial charge in [0.05, 0.1) is 14.2 Å². The standard InChI is InChI=1S/C14H15ClN2O5S/c1-21-12(18)10-7-23-11(13(19)22-2)17(10)14(20)16-9-5-3-8(15)4-6-9/h3-6,10-11H,7H2,1-2H3,(H,16,20)/t10-,11+/m1/s1. The third-order valence-electron chi connectivity index (χ3n) is 3.21. The highest BCUT2D eigenvalue weighted by Gasteiger charge is 2.46. The molecule has 0 unspecified atom stereocenters. The molecule has 1 heterocycles. The topological polar surface area (TPSA) is 84.9 Å². The van der Waals surface area contributed by atoms with E-state index in [1.807, 2.05) is 0 Å². The van der Waals surface area contributed by atoms with Gasteiger partial charge in [-0.05, 0) is 24.3 Å². The molecule has 124 valence electrons. The van der Waals surface area contributed by atoms with E-state index in [1.54, 1.807) is 24.3 Å². The summed E-state index contributed by atoms with van der Waals surface area (Å²) in [6.45, 7) is 0. The lowest BCUT2D eigenvalue weighted by Crippen LogP contribution is -2.50. The summed E-state index contributed by atoms with van der Waals surface area (Å²) in [5, 5.41) is 2.25. The van der Waals surface area contributed by atoms with E-state index >= 15 is 0 Å². The maximum Gasteiger partial charge on any atom is 0.339 e. The predicted molar refractivity (Wildman–Crippen MR) is 86.4 cm³/mol. The molecule has 1 saturated heterocycles. The fourth-order valence-corrected chi connectivity index (χ4v) is 3.50. The summed E-state index contributed by atoms with van der Waals surface area (Å²) in [7, 11) is 2.46. The van der Waals surface area contributed by atoms with Gasteiger partial charge >= 0.3 is 18.0 Å². The van der Waals surface area contributed by atoms with Crippen molar-refractivity contribution in [2.75, 3.05) is 25.3 Å². The van der Waals surface area contributed by atoms with Crippen LogP contribution in [0.5, 0.6) is 0 Å². The van der Waals surface area contributed by atoms with Gasteiger partial charge in [0, 0.05) is 16.5 Å². The normalized spacial score (nSPS) is 20.0. The zero-order valence-corrected chi connectivity index (χ0v) is 14.0. The Bertz CT molecular complexity index is 586. The van der Waals surface area contributed by atoms with Gasteiger partial charge in [-0.2, -0.15) is 0 Å². The first-order chi connectivity index (χ1) is 11.0. The Labute approximate surface area is 142 Å². The fourth-order valence-electron chi connectivity index (χ4n) is 2.08. The number of hydrogen-bond donors (Lipinski definition) is 1. The van der Waals surface area contributed by atoms with Crippen molar-refractivity contribution in [1.82, 2.24) is 4.90 Å². The number of ether oxygens (including phenoxy) is 2. The van der Waals surface area contributed by atoms with Crippen LogP contribution in [0.1, 0.15) is 0 Å². The quantitative estimate of drug-likeness (QED) is 0.831. The average Bonchev–Trinajstić information content (AvgIpc) is 3.00. The van der Waals surface area contributed by atoms with Crippen molar-refractivity contribution in [1.29, 1.82) is 0 Å². The maximum atomic E-state index is 12.5. The average molecular weight is 359 g/mol. The Morgan fingerprint density at radius 2 is 1.78 bits per heavy atom. The summed E-state index contributed by atoms with van der Waals surface area (Å²) in [5.41, 5.74) is 0.489. The molecule has 9 heteroatoms. The molecule has 1 aliphatic rings. The second-order valence-electron chi connectivity index (χ2n) is 4.59. The number of hydrogen-bond acceptors (Lipinski definition) is 6. The van der Waals surface area contributed by atoms with Crippen LogP contribution in [-0.2, 0) is 19.1 Å². The van der Waals surface area contributed by atoms with Crippen LogP contribution in [0.3, 0.4) is 0 Å². The highest BCUT2D eigenvalue weighted by molar-refractivity contribution is 8.00. The minimum atomic E-state index is -0.906. The molecule has 0 aromatic heterocycles. The Morgan fingerprint density at radius 3 is 2.35 bits per heavy atom. The maximum absolute atomic E-state index is 12.5. The molecule has 7 nitrogen and oxygen atoms in total. The first kappa shape index (κ1) is 17.4. The molecular formula is C14H15ClN2O5S. The molecule has 0 bridgehead atoms. The number of carbonyl (C=O) groups is 3. The number of nitrogens with zero attached hydrogens (tertiary/aromatic N) is 1. The number of halogens is 1. The summed E-state index contributed by atoms with van der Waals surface area (Å²) in [4.78, 5) is 37.4. The van der Waals surface area contributed by atoms with Gasteiger partial charge in [-0.1, -0.05) is 11.6 Å². The molecule has 0 saturated carbocycles. The third kappa shape index (κ3) is 3.89. The number of benzene rings is 1. The van der Waals surface area contributed by atoms with E-state index in [9.17, 15) is 14.4 Å². The van der Waals surface area contributed by atoms with E-state index in [-0.39, 0.29) is 5.75 Å². The highest BCUT2D eigenvalue weighted by atomic mass is 35.5. The number of rotatable bonds is 3. The molecule has 0 radical (unpaired) electrons. The van der Waals surface area contributed by atoms with E-state index in [4.69, 9.17) is 21.1 Å². The minimum absolute atomic E-state index is 0.250. The van der Waals surface area contributed by atoms with E-state index in [0.29, 0.717) is 10.7 Å². The van der Waals surface area contributed by atoms with E-state index in [0.717, 1.165) is 16.7 Å². The lowest BCUT2D eigenvalue weighted by molar-refractivity contribution is -0.147. The van der Waals surface area contributed by atoms with Gasteiger partial charge in [0.2, 0.25) is 0 Å². The van der Waals surface area contributed by atoms with Crippen molar-refractivity contribution in [3.8, 4) is 0 Å². The summed E-state index contributed by atoms with van der Waals surface area (Å²) < 4.78 is 9.39. The largest absolute Gasteiger partial charge is 0.467 e. The monoisotopic (exact) mass is 358 g/mol. The molecule has 1 aromatic rings. The molecule has 2 rings (SSSR count). The Morgan fingerprint density at radius 1 is 1.17 bits per heavy atom. The van der Waals surface area contributed by atoms with Gasteiger partial charge in [0.25, 0.3) is 0 Å². The molecule has 2 amide bonds. The first-order valence-corrected chi connectivity index (χ1v) is 8.02. The van der Waals surface area contributed by atoms with Crippen LogP contribution in [0.4, 0.5) is 10.5 Å². The molecule has 2 atom stereocenters. The predicted octanol–water partition coefficient (Wildman–Crippen LogP) is 1.96. The molecule has 23 heavy (non-hydrogen) atoms. The number of methoxy groups -OCH3 is 2. The SMILES string of the molecule is COC(=O)[C@H]1CS[C@@H](C(=O)OC)N1C(=O)Nc1ccc(Cl)cc1. The molecule has 1 N–H and O–H groups in total. The second kappa shape index (κ2) is 7.56. The number of thioether (sulfide) groups is 1. The minimum Gasteiger partial charge on any atom is -0.467 e. The van der Waals surface area contributed by atoms with Crippen molar-refractivity contribution in [3.05, 3.63) is 29.3 Å². The molecule has 1 aliphatic heterocycles. The van der Waals surface area contributed by atoms with Crippen molar-refractivity contribution in [3.63, 3.8) is 0 Å². The Hall–Kier alpha value is -1.93. The first-order valence-electron chi connectivity index (χ1n) is 6.60. The number of urea groups is 1. The summed E-state index contributed by atoms with van der Waals surface area (Å²) in [6.07, 6.45) is 0. The summed E-state index contributed by atoms with van der Waals surface area (Å²) >= 11 is 6.94. The van der Waals surface area contributed by atoms with Gasteiger partial charge < -0.3 is 14.8 Å². The number of esters is 2. The summed E-state index contributed by atoms with van der Waals surface area (Å²) in [6, 6.07) is 5.01. The van der Waals surface area contributed by atoms with E-state index in [2.05, 4.69) is 5.32 Å². The van der Waals surface area contributed by atoms with Crippen LogP contribution < -0.4 is 5.32 Å². The van der Waals surface area contributed by atoms with Crippen molar-refractivity contribution in [2.45, 2.75) is 11.4 Å². The Balaban J connectivity index is 2.21. The van der Waals surface area contributed by atoms with E-state index < -0.39 is 29.4 Å². The van der Waals surface area contributed by atoms with Gasteiger partial charge in [-0.25, -0.2) is 14.4 Å². The second-order valence-corrected chi connectivity index (χ2v) is 6.14. The number of amides is 2. The zero-order chi connectivity index (χ0) is 17.0. The highest BCUT2D eigenvalue weighted by Crippen LogP contribution is 2.31. The van der Waals surface area contributed by atoms with Gasteiger partial charge in [0.15, 0.2) is 5.37 Å². The van der Waals surface area contributed by atoms with Gasteiger partial charge in [0.1, 0.15) is 6.04 Å². The van der Waals surface area contributed by atoms with Crippen LogP contribution in [0.2, 0.25) is 5.02 Å². The van der Waals surface area contributed by atoms with Gasteiger partial charge in [-0.3, -0.25) is 4.90 Å². The van der Waals surface area contributed by atoms with Crippen LogP contribution in [0, 0.1) is 0 Å². The number of nitrogens with one attached hydrogen (secondary N) is 1. The number of carbonyl (C=O) groups excluding carboxylic acids is 3. The molecular weight excluding hydrogens is 344 g/mol. The smallest absolute Gasteiger partial charge is 0.339 e. The third-order valence-corrected chi connectivity index (χ3v) is 4.70.